The topological polar surface area (TPSA) is 80.6 Å². The van der Waals surface area contributed by atoms with Crippen molar-refractivity contribution in [3.63, 3.8) is 0 Å². The number of fused-ring (bicyclic) bond motifs is 1. The monoisotopic (exact) mass is 463 g/mol. The van der Waals surface area contributed by atoms with Crippen LogP contribution in [0.15, 0.2) is 42.5 Å². The quantitative estimate of drug-likeness (QED) is 0.545. The van der Waals surface area contributed by atoms with Crippen molar-refractivity contribution in [1.82, 2.24) is 19.9 Å². The maximum absolute atomic E-state index is 13.6. The number of amides is 2. The van der Waals surface area contributed by atoms with Crippen LogP contribution < -0.4 is 4.90 Å². The van der Waals surface area contributed by atoms with Crippen LogP contribution >= 0.6 is 0 Å². The fraction of sp³-hybridized carbons (Fsp3) is 0.462. The van der Waals surface area contributed by atoms with E-state index in [0.717, 1.165) is 35.0 Å². The van der Waals surface area contributed by atoms with Crippen molar-refractivity contribution in [2.45, 2.75) is 59.1 Å². The molecule has 4 rings (SSSR count). The van der Waals surface area contributed by atoms with Crippen LogP contribution in [0.5, 0.6) is 0 Å². The van der Waals surface area contributed by atoms with Gasteiger partial charge in [-0.1, -0.05) is 41.6 Å². The lowest BCUT2D eigenvalue weighted by Crippen LogP contribution is -2.42. The highest BCUT2D eigenvalue weighted by Crippen LogP contribution is 2.29. The number of hydrogen-bond donors (Lipinski definition) is 0. The number of ether oxygens (including phenoxy) is 1. The summed E-state index contributed by atoms with van der Waals surface area (Å²) in [6.45, 7) is 11.1. The van der Waals surface area contributed by atoms with Crippen molar-refractivity contribution in [2.75, 3.05) is 24.5 Å². The smallest absolute Gasteiger partial charge is 0.410 e. The zero-order valence-corrected chi connectivity index (χ0v) is 20.6. The average Bonchev–Trinajstić information content (AvgIpc) is 3.20. The van der Waals surface area contributed by atoms with Gasteiger partial charge >= 0.3 is 6.09 Å². The van der Waals surface area contributed by atoms with Crippen LogP contribution in [0.3, 0.4) is 0 Å². The number of carbonyl (C=O) groups excluding carboxylic acids is 2. The summed E-state index contributed by atoms with van der Waals surface area (Å²) >= 11 is 0. The van der Waals surface area contributed by atoms with Gasteiger partial charge in [0.1, 0.15) is 5.60 Å². The Morgan fingerprint density at radius 1 is 1.09 bits per heavy atom. The number of carbonyl (C=O) groups is 2. The van der Waals surface area contributed by atoms with Crippen molar-refractivity contribution < 1.29 is 14.3 Å². The normalized spacial score (nSPS) is 14.9. The molecular weight excluding hydrogens is 430 g/mol. The third-order valence-corrected chi connectivity index (χ3v) is 6.21. The molecule has 0 spiro atoms. The first kappa shape index (κ1) is 23.7. The Bertz CT molecular complexity index is 1180. The van der Waals surface area contributed by atoms with Gasteiger partial charge in [-0.25, -0.2) is 9.48 Å². The van der Waals surface area contributed by atoms with E-state index >= 15 is 0 Å². The van der Waals surface area contributed by atoms with Crippen molar-refractivity contribution in [1.29, 1.82) is 0 Å². The average molecular weight is 464 g/mol. The van der Waals surface area contributed by atoms with Gasteiger partial charge < -0.3 is 14.5 Å². The second-order valence-electron chi connectivity index (χ2n) is 9.71. The molecule has 0 atom stereocenters. The third kappa shape index (κ3) is 4.76. The van der Waals surface area contributed by atoms with Gasteiger partial charge in [0.2, 0.25) is 0 Å². The van der Waals surface area contributed by atoms with Gasteiger partial charge in [-0.05, 0) is 58.9 Å². The molecule has 0 N–H and O–H groups in total. The van der Waals surface area contributed by atoms with Crippen LogP contribution in [0.1, 0.15) is 62.8 Å². The van der Waals surface area contributed by atoms with Crippen LogP contribution in [0.4, 0.5) is 10.5 Å². The first-order valence-electron chi connectivity index (χ1n) is 11.9. The number of rotatable bonds is 4. The summed E-state index contributed by atoms with van der Waals surface area (Å²) < 4.78 is 7.33. The lowest BCUT2D eigenvalue weighted by molar-refractivity contribution is 0.0183. The fourth-order valence-corrected chi connectivity index (χ4v) is 4.50. The number of aromatic nitrogens is 3. The molecular formula is C26H33N5O3. The van der Waals surface area contributed by atoms with Crippen LogP contribution in [-0.2, 0) is 4.74 Å². The lowest BCUT2D eigenvalue weighted by atomic mass is 10.0. The first-order valence-corrected chi connectivity index (χ1v) is 11.9. The van der Waals surface area contributed by atoms with Crippen LogP contribution in [0, 0.1) is 6.92 Å². The standard InChI is InChI=1S/C26H33N5O3/c1-6-30(22-13-9-11-19-10-7-8-12-21(19)22)24(32)23-18(2)31(28-27-23)20-14-16-29(17-15-20)25(33)34-26(3,4)5/h7-13,20H,6,14-17H2,1-5H3. The zero-order chi connectivity index (χ0) is 24.5. The number of anilines is 1. The summed E-state index contributed by atoms with van der Waals surface area (Å²) in [5, 5.41) is 10.7. The van der Waals surface area contributed by atoms with E-state index in [-0.39, 0.29) is 18.0 Å². The largest absolute Gasteiger partial charge is 0.444 e. The Hall–Kier alpha value is -3.42. The van der Waals surface area contributed by atoms with E-state index in [9.17, 15) is 9.59 Å². The van der Waals surface area contributed by atoms with E-state index in [4.69, 9.17) is 4.74 Å². The Morgan fingerprint density at radius 2 is 1.76 bits per heavy atom. The summed E-state index contributed by atoms with van der Waals surface area (Å²) in [6, 6.07) is 14.1. The minimum absolute atomic E-state index is 0.0837. The number of likely N-dealkylation sites (tertiary alicyclic amines) is 1. The van der Waals surface area contributed by atoms with Gasteiger partial charge in [0.25, 0.3) is 5.91 Å². The van der Waals surface area contributed by atoms with E-state index in [1.807, 2.05) is 81.8 Å². The summed E-state index contributed by atoms with van der Waals surface area (Å²) in [6.07, 6.45) is 1.18. The predicted octanol–water partition coefficient (Wildman–Crippen LogP) is 4.98. The van der Waals surface area contributed by atoms with Gasteiger partial charge in [-0.3, -0.25) is 4.79 Å². The Labute approximate surface area is 200 Å². The van der Waals surface area contributed by atoms with E-state index in [2.05, 4.69) is 10.3 Å². The van der Waals surface area contributed by atoms with Crippen molar-refractivity contribution >= 4 is 28.5 Å². The molecule has 1 saturated heterocycles. The summed E-state index contributed by atoms with van der Waals surface area (Å²) in [5.41, 5.74) is 1.47. The Balaban J connectivity index is 1.51. The highest BCUT2D eigenvalue weighted by atomic mass is 16.6. The SMILES string of the molecule is CCN(C(=O)c1nnn(C2CCN(C(=O)OC(C)(C)C)CC2)c1C)c1cccc2ccccc12. The molecule has 180 valence electrons. The van der Waals surface area contributed by atoms with E-state index < -0.39 is 5.60 Å². The van der Waals surface area contributed by atoms with Gasteiger partial charge in [-0.2, -0.15) is 0 Å². The number of nitrogens with zero attached hydrogens (tertiary/aromatic N) is 5. The molecule has 8 nitrogen and oxygen atoms in total. The van der Waals surface area contributed by atoms with Crippen LogP contribution in [0.2, 0.25) is 0 Å². The van der Waals surface area contributed by atoms with Gasteiger partial charge in [0.15, 0.2) is 5.69 Å². The highest BCUT2D eigenvalue weighted by Gasteiger charge is 2.31. The second-order valence-corrected chi connectivity index (χ2v) is 9.71. The fourth-order valence-electron chi connectivity index (χ4n) is 4.50. The summed E-state index contributed by atoms with van der Waals surface area (Å²) in [5.74, 6) is -0.159. The number of hydrogen-bond acceptors (Lipinski definition) is 5. The van der Waals surface area contributed by atoms with Crippen molar-refractivity contribution in [3.05, 3.63) is 53.9 Å². The molecule has 0 bridgehead atoms. The lowest BCUT2D eigenvalue weighted by Gasteiger charge is -2.33. The predicted molar refractivity (Wildman–Crippen MR) is 132 cm³/mol. The molecule has 0 unspecified atom stereocenters. The van der Waals surface area contributed by atoms with E-state index in [1.54, 1.807) is 9.80 Å². The highest BCUT2D eigenvalue weighted by molar-refractivity contribution is 6.10. The van der Waals surface area contributed by atoms with Gasteiger partial charge in [0, 0.05) is 25.0 Å². The molecule has 0 aliphatic carbocycles. The van der Waals surface area contributed by atoms with Crippen LogP contribution in [-0.4, -0.2) is 57.1 Å². The van der Waals surface area contributed by atoms with E-state index in [0.29, 0.717) is 25.3 Å². The molecule has 1 aliphatic rings. The van der Waals surface area contributed by atoms with Gasteiger partial charge in [-0.15, -0.1) is 5.10 Å². The molecule has 1 aromatic heterocycles. The molecule has 8 heteroatoms. The minimum Gasteiger partial charge on any atom is -0.444 e. The second kappa shape index (κ2) is 9.44. The number of piperidine rings is 1. The van der Waals surface area contributed by atoms with Crippen molar-refractivity contribution in [3.8, 4) is 0 Å². The molecule has 34 heavy (non-hydrogen) atoms. The van der Waals surface area contributed by atoms with Crippen molar-refractivity contribution in [2.24, 2.45) is 0 Å². The zero-order valence-electron chi connectivity index (χ0n) is 20.6. The Kier molecular flexibility index (Phi) is 6.59. The maximum atomic E-state index is 13.6. The van der Waals surface area contributed by atoms with E-state index in [1.165, 1.54) is 0 Å². The number of benzene rings is 2. The van der Waals surface area contributed by atoms with Gasteiger partial charge in [0.05, 0.1) is 17.4 Å². The third-order valence-electron chi connectivity index (χ3n) is 6.21. The maximum Gasteiger partial charge on any atom is 0.410 e. The summed E-state index contributed by atoms with van der Waals surface area (Å²) in [4.78, 5) is 29.4. The molecule has 2 heterocycles. The first-order chi connectivity index (χ1) is 16.2. The van der Waals surface area contributed by atoms with Crippen LogP contribution in [0.25, 0.3) is 10.8 Å². The molecule has 0 radical (unpaired) electrons. The molecule has 2 aromatic carbocycles. The molecule has 2 amide bonds. The molecule has 1 fully saturated rings. The Morgan fingerprint density at radius 3 is 2.44 bits per heavy atom. The minimum atomic E-state index is -0.513. The summed E-state index contributed by atoms with van der Waals surface area (Å²) in [7, 11) is 0. The molecule has 1 aliphatic heterocycles. The molecule has 3 aromatic rings. The molecule has 0 saturated carbocycles.